The lowest BCUT2D eigenvalue weighted by molar-refractivity contribution is -0.120. The van der Waals surface area contributed by atoms with E-state index >= 15 is 0 Å². The molecule has 5 heteroatoms. The molecule has 0 heterocycles. The van der Waals surface area contributed by atoms with Gasteiger partial charge < -0.3 is 10.1 Å². The van der Waals surface area contributed by atoms with Crippen molar-refractivity contribution in [2.24, 2.45) is 0 Å². The Morgan fingerprint density at radius 3 is 2.67 bits per heavy atom. The summed E-state index contributed by atoms with van der Waals surface area (Å²) in [5, 5.41) is 3.40. The number of nitrogens with zero attached hydrogens (tertiary/aromatic N) is 1. The van der Waals surface area contributed by atoms with Crippen molar-refractivity contribution < 1.29 is 9.53 Å². The van der Waals surface area contributed by atoms with E-state index in [9.17, 15) is 4.79 Å². The fraction of sp³-hybridized carbons (Fsp3) is 0.316. The van der Waals surface area contributed by atoms with Gasteiger partial charge in [-0.2, -0.15) is 0 Å². The molecular formula is C19H23ClN2O2. The molecule has 0 spiro atoms. The van der Waals surface area contributed by atoms with Crippen LogP contribution in [0.2, 0.25) is 5.02 Å². The Bertz CT molecular complexity index is 718. The number of nitrogens with one attached hydrogen (secondary N) is 1. The van der Waals surface area contributed by atoms with Crippen LogP contribution in [-0.2, 0) is 11.3 Å². The number of carbonyl (C=O) groups excluding carboxylic acids is 1. The first kappa shape index (κ1) is 18.3. The summed E-state index contributed by atoms with van der Waals surface area (Å²) in [6, 6.07) is 12.9. The van der Waals surface area contributed by atoms with Gasteiger partial charge in [-0.05, 0) is 39.1 Å². The number of aryl methyl sites for hydroxylation is 1. The van der Waals surface area contributed by atoms with Gasteiger partial charge in [0.25, 0.3) is 0 Å². The van der Waals surface area contributed by atoms with Crippen LogP contribution >= 0.6 is 11.6 Å². The van der Waals surface area contributed by atoms with Gasteiger partial charge in [-0.15, -0.1) is 0 Å². The Balaban J connectivity index is 2.06. The number of hydrogen-bond donors (Lipinski definition) is 1. The summed E-state index contributed by atoms with van der Waals surface area (Å²) in [6.45, 7) is 4.52. The van der Waals surface area contributed by atoms with Crippen molar-refractivity contribution in [2.75, 3.05) is 19.5 Å². The Hall–Kier alpha value is -2.04. The van der Waals surface area contributed by atoms with Crippen molar-refractivity contribution in [3.63, 3.8) is 0 Å². The van der Waals surface area contributed by atoms with Crippen molar-refractivity contribution in [2.45, 2.75) is 26.4 Å². The number of likely N-dealkylation sites (N-methyl/N-ethyl adjacent to an activating group) is 1. The zero-order valence-corrected chi connectivity index (χ0v) is 15.2. The number of hydrogen-bond acceptors (Lipinski definition) is 3. The minimum Gasteiger partial charge on any atom is -0.496 e. The third-order valence-electron chi connectivity index (χ3n) is 4.03. The third kappa shape index (κ3) is 4.49. The molecule has 1 unspecified atom stereocenters. The van der Waals surface area contributed by atoms with E-state index in [1.54, 1.807) is 19.2 Å². The quantitative estimate of drug-likeness (QED) is 0.855. The number of rotatable bonds is 6. The number of methoxy groups -OCH3 is 1. The topological polar surface area (TPSA) is 41.6 Å². The molecule has 0 radical (unpaired) electrons. The molecule has 24 heavy (non-hydrogen) atoms. The smallest absolute Gasteiger partial charge is 0.241 e. The number of halogens is 1. The molecule has 0 saturated heterocycles. The van der Waals surface area contributed by atoms with Crippen LogP contribution < -0.4 is 10.1 Å². The van der Waals surface area contributed by atoms with Crippen LogP contribution in [0.25, 0.3) is 0 Å². The van der Waals surface area contributed by atoms with Crippen molar-refractivity contribution in [3.8, 4) is 5.75 Å². The second-order valence-corrected chi connectivity index (χ2v) is 6.28. The number of para-hydroxylation sites is 1. The van der Waals surface area contributed by atoms with E-state index in [0.29, 0.717) is 17.3 Å². The average molecular weight is 347 g/mol. The number of amides is 1. The van der Waals surface area contributed by atoms with Gasteiger partial charge in [-0.3, -0.25) is 9.69 Å². The minimum absolute atomic E-state index is 0.0998. The van der Waals surface area contributed by atoms with Crippen molar-refractivity contribution in [3.05, 3.63) is 58.6 Å². The van der Waals surface area contributed by atoms with E-state index in [4.69, 9.17) is 16.3 Å². The monoisotopic (exact) mass is 346 g/mol. The van der Waals surface area contributed by atoms with E-state index in [1.807, 2.05) is 50.1 Å². The van der Waals surface area contributed by atoms with E-state index < -0.39 is 0 Å². The van der Waals surface area contributed by atoms with Crippen molar-refractivity contribution in [1.82, 2.24) is 4.90 Å². The van der Waals surface area contributed by atoms with Gasteiger partial charge in [0.1, 0.15) is 5.75 Å². The van der Waals surface area contributed by atoms with E-state index in [-0.39, 0.29) is 11.9 Å². The Morgan fingerprint density at radius 2 is 2.00 bits per heavy atom. The summed E-state index contributed by atoms with van der Waals surface area (Å²) in [4.78, 5) is 14.5. The number of carbonyl (C=O) groups is 1. The first-order chi connectivity index (χ1) is 11.4. The molecule has 128 valence electrons. The molecular weight excluding hydrogens is 324 g/mol. The summed E-state index contributed by atoms with van der Waals surface area (Å²) in [5.41, 5.74) is 2.84. The van der Waals surface area contributed by atoms with Crippen LogP contribution in [0.15, 0.2) is 42.5 Å². The lowest BCUT2D eigenvalue weighted by atomic mass is 10.1. The summed E-state index contributed by atoms with van der Waals surface area (Å²) >= 11 is 6.09. The van der Waals surface area contributed by atoms with E-state index in [1.165, 1.54) is 0 Å². The van der Waals surface area contributed by atoms with Gasteiger partial charge >= 0.3 is 0 Å². The van der Waals surface area contributed by atoms with Crippen LogP contribution in [0.1, 0.15) is 18.1 Å². The SMILES string of the molecule is COc1ccc(C)cc1CN(C)C(C)C(=O)Nc1ccccc1Cl. The Kier molecular flexibility index (Phi) is 6.23. The first-order valence-corrected chi connectivity index (χ1v) is 8.19. The second kappa shape index (κ2) is 8.18. The molecule has 2 rings (SSSR count). The summed E-state index contributed by atoms with van der Waals surface area (Å²) in [5.74, 6) is 0.725. The molecule has 2 aromatic rings. The van der Waals surface area contributed by atoms with Crippen LogP contribution in [0.4, 0.5) is 5.69 Å². The minimum atomic E-state index is -0.313. The van der Waals surface area contributed by atoms with Crippen molar-refractivity contribution >= 4 is 23.2 Å². The standard InChI is InChI=1S/C19H23ClN2O2/c1-13-9-10-18(24-4)15(11-13)12-22(3)14(2)19(23)21-17-8-6-5-7-16(17)20/h5-11,14H,12H2,1-4H3,(H,21,23). The number of anilines is 1. The maximum Gasteiger partial charge on any atom is 0.241 e. The molecule has 1 atom stereocenters. The zero-order valence-electron chi connectivity index (χ0n) is 14.5. The fourth-order valence-corrected chi connectivity index (χ4v) is 2.62. The molecule has 0 aliphatic rings. The van der Waals surface area contributed by atoms with Crippen LogP contribution in [0.3, 0.4) is 0 Å². The lowest BCUT2D eigenvalue weighted by Crippen LogP contribution is -2.39. The Labute approximate surface area is 148 Å². The molecule has 0 aromatic heterocycles. The third-order valence-corrected chi connectivity index (χ3v) is 4.36. The van der Waals surface area contributed by atoms with Gasteiger partial charge in [0.15, 0.2) is 0 Å². The molecule has 0 bridgehead atoms. The van der Waals surface area contributed by atoms with Gasteiger partial charge in [-0.1, -0.05) is 41.4 Å². The zero-order chi connectivity index (χ0) is 17.7. The predicted octanol–water partition coefficient (Wildman–Crippen LogP) is 4.12. The summed E-state index contributed by atoms with van der Waals surface area (Å²) in [6.07, 6.45) is 0. The largest absolute Gasteiger partial charge is 0.496 e. The lowest BCUT2D eigenvalue weighted by Gasteiger charge is -2.25. The maximum absolute atomic E-state index is 12.5. The maximum atomic E-state index is 12.5. The van der Waals surface area contributed by atoms with Gasteiger partial charge in [0.2, 0.25) is 5.91 Å². The molecule has 0 aliphatic heterocycles. The second-order valence-electron chi connectivity index (χ2n) is 5.88. The molecule has 4 nitrogen and oxygen atoms in total. The number of ether oxygens (including phenoxy) is 1. The summed E-state index contributed by atoms with van der Waals surface area (Å²) in [7, 11) is 3.57. The van der Waals surface area contributed by atoms with Gasteiger partial charge in [0, 0.05) is 12.1 Å². The summed E-state index contributed by atoms with van der Waals surface area (Å²) < 4.78 is 5.41. The highest BCUT2D eigenvalue weighted by Gasteiger charge is 2.20. The van der Waals surface area contributed by atoms with Crippen LogP contribution in [0.5, 0.6) is 5.75 Å². The molecule has 1 N–H and O–H groups in total. The van der Waals surface area contributed by atoms with E-state index in [2.05, 4.69) is 11.4 Å². The highest BCUT2D eigenvalue weighted by Crippen LogP contribution is 2.23. The number of benzene rings is 2. The fourth-order valence-electron chi connectivity index (χ4n) is 2.44. The van der Waals surface area contributed by atoms with Gasteiger partial charge in [-0.25, -0.2) is 0 Å². The molecule has 2 aromatic carbocycles. The molecule has 0 aliphatic carbocycles. The normalized spacial score (nSPS) is 12.1. The molecule has 0 saturated carbocycles. The Morgan fingerprint density at radius 1 is 1.29 bits per heavy atom. The first-order valence-electron chi connectivity index (χ1n) is 7.81. The highest BCUT2D eigenvalue weighted by molar-refractivity contribution is 6.33. The van der Waals surface area contributed by atoms with E-state index in [0.717, 1.165) is 16.9 Å². The molecule has 1 amide bonds. The van der Waals surface area contributed by atoms with Crippen molar-refractivity contribution in [1.29, 1.82) is 0 Å². The van der Waals surface area contributed by atoms with Gasteiger partial charge in [0.05, 0.1) is 23.9 Å². The van der Waals surface area contributed by atoms with Crippen LogP contribution in [-0.4, -0.2) is 31.0 Å². The molecule has 0 fully saturated rings. The van der Waals surface area contributed by atoms with Crippen LogP contribution in [0, 0.1) is 6.92 Å². The highest BCUT2D eigenvalue weighted by atomic mass is 35.5. The predicted molar refractivity (Wildman–Crippen MR) is 98.7 cm³/mol. The average Bonchev–Trinajstić information content (AvgIpc) is 2.56.